The number of fused-ring (bicyclic) bond motifs is 1. The molecule has 3 rings (SSSR count). The Bertz CT molecular complexity index is 622. The van der Waals surface area contributed by atoms with Crippen molar-refractivity contribution in [3.05, 3.63) is 42.9 Å². The first-order valence-electron chi connectivity index (χ1n) is 5.81. The molecule has 1 atom stereocenters. The number of hydrogen-bond acceptors (Lipinski definition) is 4. The van der Waals surface area contributed by atoms with Crippen molar-refractivity contribution in [1.29, 1.82) is 0 Å². The van der Waals surface area contributed by atoms with E-state index in [1.807, 2.05) is 11.3 Å². The first-order chi connectivity index (χ1) is 8.75. The summed E-state index contributed by atoms with van der Waals surface area (Å²) in [6, 6.07) is 2.45. The molecule has 2 aromatic heterocycles. The van der Waals surface area contributed by atoms with Crippen LogP contribution in [0.3, 0.4) is 0 Å². The summed E-state index contributed by atoms with van der Waals surface area (Å²) < 4.78 is 0.514. The van der Waals surface area contributed by atoms with E-state index in [2.05, 4.69) is 42.9 Å². The molecule has 0 spiro atoms. The minimum absolute atomic E-state index is 0.207. The average molecular weight is 326 g/mol. The van der Waals surface area contributed by atoms with E-state index < -0.39 is 0 Å². The van der Waals surface area contributed by atoms with Gasteiger partial charge in [0.05, 0.1) is 17.9 Å². The molecule has 0 saturated heterocycles. The highest BCUT2D eigenvalue weighted by molar-refractivity contribution is 9.10. The number of halogens is 1. The van der Waals surface area contributed by atoms with Gasteiger partial charge in [-0.1, -0.05) is 0 Å². The van der Waals surface area contributed by atoms with Gasteiger partial charge >= 0.3 is 0 Å². The molecule has 2 heterocycles. The lowest BCUT2D eigenvalue weighted by molar-refractivity contribution is 0.608. The Kier molecular flexibility index (Phi) is 3.22. The molecule has 0 bridgehead atoms. The predicted octanol–water partition coefficient (Wildman–Crippen LogP) is 3.08. The van der Waals surface area contributed by atoms with Gasteiger partial charge in [-0.25, -0.2) is 5.10 Å². The third-order valence-electron chi connectivity index (χ3n) is 3.18. The van der Waals surface area contributed by atoms with Crippen LogP contribution in [0.4, 0.5) is 5.69 Å². The van der Waals surface area contributed by atoms with Crippen LogP contribution in [0.1, 0.15) is 29.3 Å². The smallest absolute Gasteiger partial charge is 0.280 e. The average Bonchev–Trinajstić information content (AvgIpc) is 2.84. The van der Waals surface area contributed by atoms with E-state index in [4.69, 9.17) is 0 Å². The van der Waals surface area contributed by atoms with Crippen LogP contribution in [-0.4, -0.2) is 10.2 Å². The lowest BCUT2D eigenvalue weighted by Gasteiger charge is -2.24. The second-order valence-electron chi connectivity index (χ2n) is 4.32. The van der Waals surface area contributed by atoms with Crippen LogP contribution < -0.4 is 10.9 Å². The SMILES string of the molecule is O=c1[nH]ncc(NC2CCCc3sccc32)c1Br. The van der Waals surface area contributed by atoms with Crippen LogP contribution in [0.25, 0.3) is 0 Å². The summed E-state index contributed by atoms with van der Waals surface area (Å²) in [7, 11) is 0. The fourth-order valence-corrected chi connectivity index (χ4v) is 3.60. The van der Waals surface area contributed by atoms with Gasteiger partial charge in [0, 0.05) is 4.88 Å². The summed E-state index contributed by atoms with van der Waals surface area (Å²) in [4.78, 5) is 12.9. The minimum Gasteiger partial charge on any atom is -0.376 e. The van der Waals surface area contributed by atoms with E-state index >= 15 is 0 Å². The molecular formula is C12H12BrN3OS. The van der Waals surface area contributed by atoms with E-state index in [9.17, 15) is 4.79 Å². The number of H-pyrrole nitrogens is 1. The molecule has 0 aliphatic heterocycles. The number of nitrogens with zero attached hydrogens (tertiary/aromatic N) is 1. The summed E-state index contributed by atoms with van der Waals surface area (Å²) in [5.74, 6) is 0. The number of anilines is 1. The second kappa shape index (κ2) is 4.85. The van der Waals surface area contributed by atoms with E-state index in [-0.39, 0.29) is 11.6 Å². The van der Waals surface area contributed by atoms with Crippen molar-refractivity contribution in [3.8, 4) is 0 Å². The number of thiophene rings is 1. The molecule has 6 heteroatoms. The lowest BCUT2D eigenvalue weighted by atomic mass is 9.94. The molecular weight excluding hydrogens is 314 g/mol. The summed E-state index contributed by atoms with van der Waals surface area (Å²) in [5, 5.41) is 11.8. The second-order valence-corrected chi connectivity index (χ2v) is 6.11. The maximum Gasteiger partial charge on any atom is 0.280 e. The van der Waals surface area contributed by atoms with Gasteiger partial charge in [0.2, 0.25) is 0 Å². The van der Waals surface area contributed by atoms with Crippen LogP contribution >= 0.6 is 27.3 Å². The Balaban J connectivity index is 1.91. The Morgan fingerprint density at radius 3 is 3.33 bits per heavy atom. The maximum atomic E-state index is 11.5. The summed E-state index contributed by atoms with van der Waals surface area (Å²) in [5.41, 5.74) is 1.91. The van der Waals surface area contributed by atoms with E-state index in [0.717, 1.165) is 12.1 Å². The van der Waals surface area contributed by atoms with Crippen LogP contribution in [0.5, 0.6) is 0 Å². The Morgan fingerprint density at radius 1 is 1.56 bits per heavy atom. The third kappa shape index (κ3) is 2.10. The number of aryl methyl sites for hydroxylation is 1. The van der Waals surface area contributed by atoms with E-state index in [0.29, 0.717) is 4.47 Å². The van der Waals surface area contributed by atoms with E-state index in [1.165, 1.54) is 23.3 Å². The predicted molar refractivity (Wildman–Crippen MR) is 76.2 cm³/mol. The summed E-state index contributed by atoms with van der Waals surface area (Å²) in [6.45, 7) is 0. The van der Waals surface area contributed by atoms with Crippen LogP contribution in [0.2, 0.25) is 0 Å². The third-order valence-corrected chi connectivity index (χ3v) is 4.96. The lowest BCUT2D eigenvalue weighted by Crippen LogP contribution is -2.18. The fourth-order valence-electron chi connectivity index (χ4n) is 2.31. The van der Waals surface area contributed by atoms with Gasteiger partial charge in [-0.3, -0.25) is 4.79 Å². The first kappa shape index (κ1) is 11.9. The van der Waals surface area contributed by atoms with Crippen LogP contribution in [0, 0.1) is 0 Å². The Hall–Kier alpha value is -1.14. The monoisotopic (exact) mass is 325 g/mol. The van der Waals surface area contributed by atoms with Gasteiger partial charge in [0.25, 0.3) is 5.56 Å². The normalized spacial score (nSPS) is 18.4. The highest BCUT2D eigenvalue weighted by atomic mass is 79.9. The zero-order valence-corrected chi connectivity index (χ0v) is 12.0. The minimum atomic E-state index is -0.207. The Morgan fingerprint density at radius 2 is 2.44 bits per heavy atom. The maximum absolute atomic E-state index is 11.5. The van der Waals surface area contributed by atoms with Crippen molar-refractivity contribution in [3.63, 3.8) is 0 Å². The number of nitrogens with one attached hydrogen (secondary N) is 2. The fraction of sp³-hybridized carbons (Fsp3) is 0.333. The molecule has 0 amide bonds. The molecule has 0 aromatic carbocycles. The highest BCUT2D eigenvalue weighted by Gasteiger charge is 2.21. The molecule has 1 unspecified atom stereocenters. The van der Waals surface area contributed by atoms with E-state index in [1.54, 1.807) is 6.20 Å². The zero-order chi connectivity index (χ0) is 12.5. The molecule has 1 aliphatic carbocycles. The molecule has 2 aromatic rings. The molecule has 0 radical (unpaired) electrons. The van der Waals surface area contributed by atoms with Gasteiger partial charge in [-0.15, -0.1) is 11.3 Å². The van der Waals surface area contributed by atoms with Gasteiger partial charge in [-0.05, 0) is 52.2 Å². The summed E-state index contributed by atoms with van der Waals surface area (Å²) >= 11 is 5.11. The molecule has 94 valence electrons. The zero-order valence-electron chi connectivity index (χ0n) is 9.57. The van der Waals surface area contributed by atoms with Crippen molar-refractivity contribution in [2.24, 2.45) is 0 Å². The molecule has 0 fully saturated rings. The van der Waals surface area contributed by atoms with Crippen LogP contribution in [0.15, 0.2) is 26.9 Å². The van der Waals surface area contributed by atoms with Gasteiger partial charge < -0.3 is 5.32 Å². The van der Waals surface area contributed by atoms with Crippen molar-refractivity contribution in [2.75, 3.05) is 5.32 Å². The molecule has 1 aliphatic rings. The standard InChI is InChI=1S/C12H12BrN3OS/c13-11-9(6-14-16-12(11)17)15-8-2-1-3-10-7(8)4-5-18-10/h4-6,8H,1-3H2,(H2,15,16,17). The number of rotatable bonds is 2. The number of hydrogen-bond donors (Lipinski definition) is 2. The van der Waals surface area contributed by atoms with Crippen molar-refractivity contribution >= 4 is 33.0 Å². The van der Waals surface area contributed by atoms with Crippen molar-refractivity contribution in [1.82, 2.24) is 10.2 Å². The van der Waals surface area contributed by atoms with Crippen molar-refractivity contribution in [2.45, 2.75) is 25.3 Å². The quantitative estimate of drug-likeness (QED) is 0.892. The van der Waals surface area contributed by atoms with Gasteiger partial charge in [-0.2, -0.15) is 5.10 Å². The molecule has 18 heavy (non-hydrogen) atoms. The largest absolute Gasteiger partial charge is 0.376 e. The van der Waals surface area contributed by atoms with Crippen LogP contribution in [-0.2, 0) is 6.42 Å². The van der Waals surface area contributed by atoms with Gasteiger partial charge in [0.15, 0.2) is 0 Å². The number of aromatic amines is 1. The molecule has 4 nitrogen and oxygen atoms in total. The number of aromatic nitrogens is 2. The topological polar surface area (TPSA) is 57.8 Å². The van der Waals surface area contributed by atoms with Gasteiger partial charge in [0.1, 0.15) is 4.47 Å². The van der Waals surface area contributed by atoms with Crippen molar-refractivity contribution < 1.29 is 0 Å². The summed E-state index contributed by atoms with van der Waals surface area (Å²) in [6.07, 6.45) is 5.08. The Labute approximate surface area is 117 Å². The highest BCUT2D eigenvalue weighted by Crippen LogP contribution is 2.36. The molecule has 2 N–H and O–H groups in total. The molecule has 0 saturated carbocycles. The first-order valence-corrected chi connectivity index (χ1v) is 7.49.